The average Bonchev–Trinajstić information content (AvgIpc) is 3.07. The molecule has 0 radical (unpaired) electrons. The first-order chi connectivity index (χ1) is 21.4. The van der Waals surface area contributed by atoms with Crippen molar-refractivity contribution in [3.8, 4) is 11.5 Å². The smallest absolute Gasteiger partial charge is 0.119 e. The van der Waals surface area contributed by atoms with Gasteiger partial charge < -0.3 is 39.7 Å². The summed E-state index contributed by atoms with van der Waals surface area (Å²) in [5.74, 6) is 2.03. The van der Waals surface area contributed by atoms with E-state index in [9.17, 15) is 0 Å². The van der Waals surface area contributed by atoms with Crippen molar-refractivity contribution < 1.29 is 9.47 Å². The molecule has 2 N–H and O–H groups in total. The molecule has 8 heteroatoms. The summed E-state index contributed by atoms with van der Waals surface area (Å²) < 4.78 is 12.3. The first-order valence-corrected chi connectivity index (χ1v) is 17.4. The van der Waals surface area contributed by atoms with Crippen molar-refractivity contribution in [3.05, 3.63) is 48.5 Å². The summed E-state index contributed by atoms with van der Waals surface area (Å²) in [7, 11) is 0. The summed E-state index contributed by atoms with van der Waals surface area (Å²) in [6.07, 6.45) is 5.30. The number of hydrogen-bond acceptors (Lipinski definition) is 8. The monoisotopic (exact) mass is 606 g/mol. The maximum absolute atomic E-state index is 6.17. The minimum Gasteiger partial charge on any atom is -0.490 e. The largest absolute Gasteiger partial charge is 0.490 e. The highest BCUT2D eigenvalue weighted by atomic mass is 16.5. The van der Waals surface area contributed by atoms with E-state index in [1.165, 1.54) is 11.4 Å². The third-order valence-corrected chi connectivity index (χ3v) is 9.66. The molecule has 6 rings (SSSR count). The average molecular weight is 607 g/mol. The maximum Gasteiger partial charge on any atom is 0.119 e. The Morgan fingerprint density at radius 2 is 0.818 bits per heavy atom. The highest BCUT2D eigenvalue weighted by molar-refractivity contribution is 5.50. The third-order valence-electron chi connectivity index (χ3n) is 9.66. The second-order valence-electron chi connectivity index (χ2n) is 13.4. The topological polar surface area (TPSA) is 55.5 Å². The number of ether oxygens (including phenoxy) is 2. The van der Waals surface area contributed by atoms with Gasteiger partial charge in [0.15, 0.2) is 0 Å². The molecular weight excluding hydrogens is 548 g/mol. The Morgan fingerprint density at radius 3 is 1.11 bits per heavy atom. The summed E-state index contributed by atoms with van der Waals surface area (Å²) in [5.41, 5.74) is 2.62. The Hall–Kier alpha value is -2.52. The molecule has 2 aromatic rings. The van der Waals surface area contributed by atoms with Gasteiger partial charge in [-0.1, -0.05) is 0 Å². The van der Waals surface area contributed by atoms with Gasteiger partial charge in [-0.05, 0) is 102 Å². The Morgan fingerprint density at radius 1 is 0.500 bits per heavy atom. The summed E-state index contributed by atoms with van der Waals surface area (Å²) in [4.78, 5) is 9.93. The number of piperidine rings is 2. The predicted octanol–water partition coefficient (Wildman–Crippen LogP) is 4.70. The standard InChI is InChI=1S/2C18H29N3O/c2*1-15(2)20-11-7-18(8-12-20)22-17-5-3-16(4-6-17)21-13-9-19-10-14-21/h2*3-6,15,18-19H,7-14H2,1-2H3. The Bertz CT molecular complexity index is 979. The number of hydrogen-bond donors (Lipinski definition) is 2. The SMILES string of the molecule is CC(C)N1CCC(Oc2ccc(N3CCNCC3)cc2)CC1.CC(C)N1CCC(Oc2ccc(N3CCNCC3)cc2)CC1. The van der Waals surface area contributed by atoms with Crippen LogP contribution < -0.4 is 29.9 Å². The molecule has 0 atom stereocenters. The van der Waals surface area contributed by atoms with Crippen LogP contribution in [0.15, 0.2) is 48.5 Å². The summed E-state index contributed by atoms with van der Waals surface area (Å²) >= 11 is 0. The first kappa shape index (κ1) is 32.9. The van der Waals surface area contributed by atoms with E-state index in [2.05, 4.69) is 106 Å². The van der Waals surface area contributed by atoms with Crippen molar-refractivity contribution >= 4 is 11.4 Å². The molecule has 0 spiro atoms. The van der Waals surface area contributed by atoms with Crippen molar-refractivity contribution in [3.63, 3.8) is 0 Å². The van der Waals surface area contributed by atoms with E-state index >= 15 is 0 Å². The lowest BCUT2D eigenvalue weighted by Crippen LogP contribution is -2.43. The van der Waals surface area contributed by atoms with E-state index in [1.54, 1.807) is 0 Å². The Labute approximate surface area is 267 Å². The molecule has 4 fully saturated rings. The number of likely N-dealkylation sites (tertiary alicyclic amines) is 2. The van der Waals surface area contributed by atoms with Crippen LogP contribution >= 0.6 is 0 Å². The summed E-state index contributed by atoms with van der Waals surface area (Å²) in [6.45, 7) is 22.4. The molecule has 2 aromatic carbocycles. The lowest BCUT2D eigenvalue weighted by molar-refractivity contribution is 0.0841. The molecule has 4 saturated heterocycles. The van der Waals surface area contributed by atoms with E-state index in [-0.39, 0.29) is 0 Å². The fourth-order valence-corrected chi connectivity index (χ4v) is 6.72. The third kappa shape index (κ3) is 9.74. The minimum absolute atomic E-state index is 0.375. The molecule has 0 bridgehead atoms. The van der Waals surface area contributed by atoms with E-state index in [4.69, 9.17) is 9.47 Å². The number of piperazine rings is 2. The van der Waals surface area contributed by atoms with E-state index < -0.39 is 0 Å². The molecule has 44 heavy (non-hydrogen) atoms. The number of benzene rings is 2. The quantitative estimate of drug-likeness (QED) is 0.449. The van der Waals surface area contributed by atoms with Crippen LogP contribution in [0.25, 0.3) is 0 Å². The first-order valence-electron chi connectivity index (χ1n) is 17.4. The van der Waals surface area contributed by atoms with Crippen LogP contribution in [-0.4, -0.2) is 113 Å². The minimum atomic E-state index is 0.375. The summed E-state index contributed by atoms with van der Waals surface area (Å²) in [5, 5.41) is 6.78. The number of nitrogens with one attached hydrogen (secondary N) is 2. The van der Waals surface area contributed by atoms with E-state index in [0.717, 1.165) is 116 Å². The number of anilines is 2. The van der Waals surface area contributed by atoms with Crippen LogP contribution in [0.2, 0.25) is 0 Å². The van der Waals surface area contributed by atoms with Gasteiger partial charge in [-0.15, -0.1) is 0 Å². The van der Waals surface area contributed by atoms with Crippen LogP contribution in [0.4, 0.5) is 11.4 Å². The molecule has 4 heterocycles. The van der Waals surface area contributed by atoms with Gasteiger partial charge in [0.2, 0.25) is 0 Å². The Balaban J connectivity index is 0.000000175. The maximum atomic E-state index is 6.17. The lowest BCUT2D eigenvalue weighted by Gasteiger charge is -2.34. The van der Waals surface area contributed by atoms with Gasteiger partial charge in [-0.3, -0.25) is 0 Å². The number of nitrogens with zero attached hydrogens (tertiary/aromatic N) is 4. The van der Waals surface area contributed by atoms with Crippen molar-refractivity contribution in [2.75, 3.05) is 88.3 Å². The predicted molar refractivity (Wildman–Crippen MR) is 184 cm³/mol. The van der Waals surface area contributed by atoms with Crippen molar-refractivity contribution in [2.45, 2.75) is 77.7 Å². The molecule has 0 saturated carbocycles. The number of rotatable bonds is 8. The zero-order valence-electron chi connectivity index (χ0n) is 27.8. The zero-order valence-corrected chi connectivity index (χ0v) is 27.8. The van der Waals surface area contributed by atoms with Crippen molar-refractivity contribution in [2.24, 2.45) is 0 Å². The van der Waals surface area contributed by atoms with Crippen LogP contribution in [0.1, 0.15) is 53.4 Å². The van der Waals surface area contributed by atoms with Crippen LogP contribution in [0.3, 0.4) is 0 Å². The molecule has 244 valence electrons. The van der Waals surface area contributed by atoms with Crippen LogP contribution in [-0.2, 0) is 0 Å². The fourth-order valence-electron chi connectivity index (χ4n) is 6.72. The molecule has 0 aromatic heterocycles. The van der Waals surface area contributed by atoms with Gasteiger partial charge >= 0.3 is 0 Å². The fraction of sp³-hybridized carbons (Fsp3) is 0.667. The molecule has 0 unspecified atom stereocenters. The van der Waals surface area contributed by atoms with Gasteiger partial charge in [-0.25, -0.2) is 0 Å². The van der Waals surface area contributed by atoms with Gasteiger partial charge in [0.1, 0.15) is 23.7 Å². The second kappa shape index (κ2) is 16.7. The molecule has 0 aliphatic carbocycles. The van der Waals surface area contributed by atoms with Crippen molar-refractivity contribution in [1.82, 2.24) is 20.4 Å². The molecule has 4 aliphatic heterocycles. The molecule has 0 amide bonds. The van der Waals surface area contributed by atoms with Crippen LogP contribution in [0, 0.1) is 0 Å². The second-order valence-corrected chi connectivity index (χ2v) is 13.4. The van der Waals surface area contributed by atoms with Gasteiger partial charge in [-0.2, -0.15) is 0 Å². The Kier molecular flexibility index (Phi) is 12.5. The van der Waals surface area contributed by atoms with Crippen LogP contribution in [0.5, 0.6) is 11.5 Å². The van der Waals surface area contributed by atoms with E-state index in [1.807, 2.05) is 0 Å². The van der Waals surface area contributed by atoms with Gasteiger partial charge in [0.05, 0.1) is 0 Å². The highest BCUT2D eigenvalue weighted by Crippen LogP contribution is 2.25. The lowest BCUT2D eigenvalue weighted by atomic mass is 10.1. The van der Waals surface area contributed by atoms with Gasteiger partial charge in [0.25, 0.3) is 0 Å². The summed E-state index contributed by atoms with van der Waals surface area (Å²) in [6, 6.07) is 18.6. The van der Waals surface area contributed by atoms with Gasteiger partial charge in [0, 0.05) is 102 Å². The molecule has 8 nitrogen and oxygen atoms in total. The van der Waals surface area contributed by atoms with Crippen molar-refractivity contribution in [1.29, 1.82) is 0 Å². The highest BCUT2D eigenvalue weighted by Gasteiger charge is 2.23. The van der Waals surface area contributed by atoms with E-state index in [0.29, 0.717) is 24.3 Å². The zero-order chi connectivity index (χ0) is 30.7. The molecular formula is C36H58N6O2. The molecule has 4 aliphatic rings. The normalized spacial score (nSPS) is 21.3.